The van der Waals surface area contributed by atoms with Gasteiger partial charge in [0.05, 0.1) is 16.1 Å². The van der Waals surface area contributed by atoms with E-state index < -0.39 is 0 Å². The van der Waals surface area contributed by atoms with Crippen molar-refractivity contribution in [2.24, 2.45) is 7.05 Å². The normalized spacial score (nSPS) is 11.0. The summed E-state index contributed by atoms with van der Waals surface area (Å²) in [5.41, 5.74) is 3.66. The maximum atomic E-state index is 12.5. The van der Waals surface area contributed by atoms with E-state index in [1.165, 1.54) is 0 Å². The molecule has 0 aliphatic rings. The van der Waals surface area contributed by atoms with Gasteiger partial charge in [0.2, 0.25) is 0 Å². The van der Waals surface area contributed by atoms with Crippen molar-refractivity contribution in [2.75, 3.05) is 5.32 Å². The van der Waals surface area contributed by atoms with Crippen LogP contribution in [0.5, 0.6) is 0 Å². The number of anilines is 1. The van der Waals surface area contributed by atoms with E-state index in [1.54, 1.807) is 29.9 Å². The lowest BCUT2D eigenvalue weighted by Gasteiger charge is -2.07. The largest absolute Gasteiger partial charge is 0.304 e. The number of aryl methyl sites for hydroxylation is 3. The lowest BCUT2D eigenvalue weighted by Crippen LogP contribution is -2.13. The van der Waals surface area contributed by atoms with E-state index in [0.29, 0.717) is 27.9 Å². The maximum absolute atomic E-state index is 12.5. The zero-order valence-electron chi connectivity index (χ0n) is 13.5. The van der Waals surface area contributed by atoms with Crippen LogP contribution < -0.4 is 5.32 Å². The van der Waals surface area contributed by atoms with Crippen LogP contribution in [0.15, 0.2) is 24.3 Å². The molecule has 2 aromatic heterocycles. The van der Waals surface area contributed by atoms with Crippen molar-refractivity contribution >= 4 is 46.0 Å². The third kappa shape index (κ3) is 2.85. The van der Waals surface area contributed by atoms with Crippen LogP contribution in [0.1, 0.15) is 27.2 Å². The van der Waals surface area contributed by atoms with E-state index in [-0.39, 0.29) is 5.91 Å². The SMILES string of the molecule is Cc1nc2c(c(NC(=O)c3cccc(CCl)c3)nn2C)c(C)c1Cl. The van der Waals surface area contributed by atoms with Crippen LogP contribution >= 0.6 is 23.2 Å². The molecule has 1 aromatic carbocycles. The highest BCUT2D eigenvalue weighted by molar-refractivity contribution is 6.33. The molecule has 1 amide bonds. The summed E-state index contributed by atoms with van der Waals surface area (Å²) in [7, 11) is 1.78. The van der Waals surface area contributed by atoms with Crippen LogP contribution in [-0.4, -0.2) is 20.7 Å². The topological polar surface area (TPSA) is 59.8 Å². The van der Waals surface area contributed by atoms with Gasteiger partial charge in [0.15, 0.2) is 11.5 Å². The standard InChI is InChI=1S/C17H16Cl2N4O/c1-9-13-15(22-23(3)16(13)20-10(2)14(9)19)21-17(24)12-6-4-5-11(7-12)8-18/h4-7H,8H2,1-3H3,(H,21,22,24). The van der Waals surface area contributed by atoms with Crippen molar-refractivity contribution < 1.29 is 4.79 Å². The third-order valence-corrected chi connectivity index (χ3v) is 4.75. The van der Waals surface area contributed by atoms with Gasteiger partial charge >= 0.3 is 0 Å². The second-order valence-electron chi connectivity index (χ2n) is 5.60. The van der Waals surface area contributed by atoms with Gasteiger partial charge < -0.3 is 5.32 Å². The van der Waals surface area contributed by atoms with Gasteiger partial charge in [-0.1, -0.05) is 23.7 Å². The molecule has 0 saturated heterocycles. The fourth-order valence-electron chi connectivity index (χ4n) is 2.64. The monoisotopic (exact) mass is 362 g/mol. The summed E-state index contributed by atoms with van der Waals surface area (Å²) < 4.78 is 1.64. The molecule has 1 N–H and O–H groups in total. The van der Waals surface area contributed by atoms with Crippen LogP contribution in [0.4, 0.5) is 5.82 Å². The minimum absolute atomic E-state index is 0.252. The predicted molar refractivity (Wildman–Crippen MR) is 96.9 cm³/mol. The number of benzene rings is 1. The van der Waals surface area contributed by atoms with Crippen LogP contribution in [-0.2, 0) is 12.9 Å². The number of alkyl halides is 1. The lowest BCUT2D eigenvalue weighted by atomic mass is 10.1. The molecule has 0 fully saturated rings. The number of nitrogens with one attached hydrogen (secondary N) is 1. The van der Waals surface area contributed by atoms with Crippen LogP contribution in [0.3, 0.4) is 0 Å². The van der Waals surface area contributed by atoms with Crippen LogP contribution in [0.2, 0.25) is 5.02 Å². The first-order valence-corrected chi connectivity index (χ1v) is 8.29. The van der Waals surface area contributed by atoms with Gasteiger partial charge in [-0.3, -0.25) is 4.79 Å². The van der Waals surface area contributed by atoms with Gasteiger partial charge in [0.1, 0.15) is 0 Å². The Bertz CT molecular complexity index is 949. The molecule has 3 aromatic rings. The van der Waals surface area contributed by atoms with E-state index in [0.717, 1.165) is 22.2 Å². The molecule has 0 spiro atoms. The van der Waals surface area contributed by atoms with E-state index in [2.05, 4.69) is 15.4 Å². The summed E-state index contributed by atoms with van der Waals surface area (Å²) in [6.07, 6.45) is 0. The number of carbonyl (C=O) groups excluding carboxylic acids is 1. The molecule has 7 heteroatoms. The smallest absolute Gasteiger partial charge is 0.256 e. The Hall–Kier alpha value is -2.11. The Morgan fingerprint density at radius 3 is 2.79 bits per heavy atom. The van der Waals surface area contributed by atoms with Gasteiger partial charge in [-0.15, -0.1) is 11.6 Å². The van der Waals surface area contributed by atoms with E-state index >= 15 is 0 Å². The number of amides is 1. The van der Waals surface area contributed by atoms with Crippen molar-refractivity contribution in [1.29, 1.82) is 0 Å². The average molecular weight is 363 g/mol. The molecule has 0 saturated carbocycles. The number of fused-ring (bicyclic) bond motifs is 1. The second-order valence-corrected chi connectivity index (χ2v) is 6.24. The van der Waals surface area contributed by atoms with Crippen molar-refractivity contribution in [1.82, 2.24) is 14.8 Å². The first-order valence-electron chi connectivity index (χ1n) is 7.38. The molecular weight excluding hydrogens is 347 g/mol. The Labute approximate surface area is 149 Å². The molecule has 0 aliphatic heterocycles. The number of hydrogen-bond acceptors (Lipinski definition) is 3. The average Bonchev–Trinajstić information content (AvgIpc) is 2.88. The van der Waals surface area contributed by atoms with Gasteiger partial charge in [0, 0.05) is 18.5 Å². The highest BCUT2D eigenvalue weighted by Gasteiger charge is 2.18. The molecule has 0 bridgehead atoms. The molecule has 0 unspecified atom stereocenters. The van der Waals surface area contributed by atoms with E-state index in [4.69, 9.17) is 23.2 Å². The Morgan fingerprint density at radius 2 is 2.08 bits per heavy atom. The van der Waals surface area contributed by atoms with Gasteiger partial charge in [0.25, 0.3) is 5.91 Å². The molecular formula is C17H16Cl2N4O. The lowest BCUT2D eigenvalue weighted by molar-refractivity contribution is 0.102. The molecule has 0 radical (unpaired) electrons. The number of nitrogens with zero attached hydrogens (tertiary/aromatic N) is 3. The van der Waals surface area contributed by atoms with E-state index in [1.807, 2.05) is 19.9 Å². The summed E-state index contributed by atoms with van der Waals surface area (Å²) in [5.74, 6) is 0.546. The van der Waals surface area contributed by atoms with Crippen molar-refractivity contribution in [2.45, 2.75) is 19.7 Å². The van der Waals surface area contributed by atoms with Gasteiger partial charge in [-0.25, -0.2) is 9.67 Å². The number of carbonyl (C=O) groups is 1. The number of aromatic nitrogens is 3. The first kappa shape index (κ1) is 16.7. The van der Waals surface area contributed by atoms with Crippen molar-refractivity contribution in [3.05, 3.63) is 51.7 Å². The number of rotatable bonds is 3. The summed E-state index contributed by atoms with van der Waals surface area (Å²) >= 11 is 12.1. The molecule has 3 rings (SSSR count). The number of pyridine rings is 1. The van der Waals surface area contributed by atoms with Gasteiger partial charge in [-0.05, 0) is 37.1 Å². The fraction of sp³-hybridized carbons (Fsp3) is 0.235. The zero-order chi connectivity index (χ0) is 17.4. The molecule has 124 valence electrons. The Morgan fingerprint density at radius 1 is 1.33 bits per heavy atom. The molecule has 0 atom stereocenters. The Kier molecular flexibility index (Phi) is 4.47. The highest BCUT2D eigenvalue weighted by Crippen LogP contribution is 2.31. The van der Waals surface area contributed by atoms with Gasteiger partial charge in [-0.2, -0.15) is 5.10 Å². The zero-order valence-corrected chi connectivity index (χ0v) is 15.0. The molecule has 24 heavy (non-hydrogen) atoms. The first-order chi connectivity index (χ1) is 11.4. The quantitative estimate of drug-likeness (QED) is 0.709. The number of hydrogen-bond donors (Lipinski definition) is 1. The fourth-order valence-corrected chi connectivity index (χ4v) is 2.94. The molecule has 2 heterocycles. The van der Waals surface area contributed by atoms with Crippen LogP contribution in [0, 0.1) is 13.8 Å². The summed E-state index contributed by atoms with van der Waals surface area (Å²) in [4.78, 5) is 17.0. The van der Waals surface area contributed by atoms with Crippen molar-refractivity contribution in [3.63, 3.8) is 0 Å². The number of halogens is 2. The predicted octanol–water partition coefficient (Wildman–Crippen LogP) is 4.23. The third-order valence-electron chi connectivity index (χ3n) is 3.89. The Balaban J connectivity index is 2.04. The second kappa shape index (κ2) is 6.42. The highest BCUT2D eigenvalue weighted by atomic mass is 35.5. The van der Waals surface area contributed by atoms with E-state index in [9.17, 15) is 4.79 Å². The molecule has 0 aliphatic carbocycles. The van der Waals surface area contributed by atoms with Crippen LogP contribution in [0.25, 0.3) is 11.0 Å². The summed E-state index contributed by atoms with van der Waals surface area (Å²) in [6, 6.07) is 7.17. The molecule has 5 nitrogen and oxygen atoms in total. The summed E-state index contributed by atoms with van der Waals surface area (Å²) in [5, 5.41) is 8.55. The maximum Gasteiger partial charge on any atom is 0.256 e. The minimum atomic E-state index is -0.252. The minimum Gasteiger partial charge on any atom is -0.304 e. The van der Waals surface area contributed by atoms with Crippen molar-refractivity contribution in [3.8, 4) is 0 Å². The summed E-state index contributed by atoms with van der Waals surface area (Å²) in [6.45, 7) is 3.74.